The molecule has 0 aromatic carbocycles. The summed E-state index contributed by atoms with van der Waals surface area (Å²) in [6.45, 7) is 11.1. The number of likely N-dealkylation sites (tertiary alicyclic amines) is 2. The minimum absolute atomic E-state index is 0.700. The predicted molar refractivity (Wildman–Crippen MR) is 91.3 cm³/mol. The zero-order valence-corrected chi connectivity index (χ0v) is 14.5. The van der Waals surface area contributed by atoms with Crippen molar-refractivity contribution in [3.8, 4) is 0 Å². The summed E-state index contributed by atoms with van der Waals surface area (Å²) in [5.41, 5.74) is 0.700. The highest BCUT2D eigenvalue weighted by Gasteiger charge is 2.36. The number of piperidine rings is 3. The van der Waals surface area contributed by atoms with Gasteiger partial charge in [0.05, 0.1) is 6.61 Å². The van der Waals surface area contributed by atoms with Crippen molar-refractivity contribution in [2.45, 2.75) is 38.5 Å². The fourth-order valence-electron chi connectivity index (χ4n) is 4.65. The average molecular weight is 309 g/mol. The van der Waals surface area contributed by atoms with E-state index in [2.05, 4.69) is 15.1 Å². The van der Waals surface area contributed by atoms with E-state index in [0.717, 1.165) is 19.1 Å². The van der Waals surface area contributed by atoms with E-state index in [4.69, 9.17) is 4.74 Å². The van der Waals surface area contributed by atoms with Crippen LogP contribution in [-0.2, 0) is 4.74 Å². The minimum Gasteiger partial charge on any atom is -0.383 e. The monoisotopic (exact) mass is 309 g/mol. The highest BCUT2D eigenvalue weighted by atomic mass is 16.5. The molecule has 4 nitrogen and oxygen atoms in total. The first-order valence-electron chi connectivity index (χ1n) is 9.44. The van der Waals surface area contributed by atoms with E-state index in [9.17, 15) is 0 Å². The van der Waals surface area contributed by atoms with Gasteiger partial charge in [-0.05, 0) is 89.1 Å². The van der Waals surface area contributed by atoms with Crippen molar-refractivity contribution < 1.29 is 4.74 Å². The van der Waals surface area contributed by atoms with E-state index in [1.54, 1.807) is 7.11 Å². The van der Waals surface area contributed by atoms with Crippen LogP contribution in [0.25, 0.3) is 0 Å². The number of hydrogen-bond acceptors (Lipinski definition) is 4. The van der Waals surface area contributed by atoms with Gasteiger partial charge in [-0.15, -0.1) is 0 Å². The molecular formula is C18H35N3O. The Kier molecular flexibility index (Phi) is 6.14. The summed E-state index contributed by atoms with van der Waals surface area (Å²) in [5.74, 6) is 0.931. The Morgan fingerprint density at radius 1 is 0.955 bits per heavy atom. The first kappa shape index (κ1) is 16.7. The second-order valence-electron chi connectivity index (χ2n) is 7.83. The lowest BCUT2D eigenvalue weighted by atomic mass is 9.71. The molecule has 3 fully saturated rings. The van der Waals surface area contributed by atoms with Gasteiger partial charge in [-0.1, -0.05) is 0 Å². The van der Waals surface area contributed by atoms with Crippen molar-refractivity contribution in [1.29, 1.82) is 0 Å². The molecule has 0 radical (unpaired) electrons. The molecule has 3 heterocycles. The molecule has 22 heavy (non-hydrogen) atoms. The van der Waals surface area contributed by atoms with Crippen LogP contribution in [0.15, 0.2) is 0 Å². The predicted octanol–water partition coefficient (Wildman–Crippen LogP) is 1.81. The largest absolute Gasteiger partial charge is 0.383 e. The molecule has 3 saturated heterocycles. The summed E-state index contributed by atoms with van der Waals surface area (Å²) in [6.07, 6.45) is 8.49. The maximum absolute atomic E-state index is 5.19. The van der Waals surface area contributed by atoms with Crippen LogP contribution in [0.2, 0.25) is 0 Å². The zero-order chi connectivity index (χ0) is 15.3. The summed E-state index contributed by atoms with van der Waals surface area (Å²) in [7, 11) is 1.80. The van der Waals surface area contributed by atoms with Crippen LogP contribution >= 0.6 is 0 Å². The lowest BCUT2D eigenvalue weighted by molar-refractivity contribution is 0.0531. The summed E-state index contributed by atoms with van der Waals surface area (Å²) in [4.78, 5) is 5.34. The van der Waals surface area contributed by atoms with Crippen LogP contribution in [0.5, 0.6) is 0 Å². The highest BCUT2D eigenvalue weighted by Crippen LogP contribution is 2.39. The van der Waals surface area contributed by atoms with Gasteiger partial charge in [-0.25, -0.2) is 0 Å². The molecule has 3 aliphatic heterocycles. The van der Waals surface area contributed by atoms with E-state index in [-0.39, 0.29) is 0 Å². The Hall–Kier alpha value is -0.160. The maximum Gasteiger partial charge on any atom is 0.0589 e. The van der Waals surface area contributed by atoms with Crippen molar-refractivity contribution in [1.82, 2.24) is 15.1 Å². The summed E-state index contributed by atoms with van der Waals surface area (Å²) in [5, 5.41) is 3.52. The van der Waals surface area contributed by atoms with Gasteiger partial charge in [0.1, 0.15) is 0 Å². The molecule has 0 bridgehead atoms. The SMILES string of the molecule is COCCN1CCC(CN2CCC3(CCNCC3)CC2)CC1. The third-order valence-corrected chi connectivity index (χ3v) is 6.42. The fraction of sp³-hybridized carbons (Fsp3) is 1.00. The van der Waals surface area contributed by atoms with Gasteiger partial charge in [0.25, 0.3) is 0 Å². The van der Waals surface area contributed by atoms with Gasteiger partial charge in [0.15, 0.2) is 0 Å². The lowest BCUT2D eigenvalue weighted by Gasteiger charge is -2.45. The Bertz CT molecular complexity index is 312. The normalized spacial score (nSPS) is 28.2. The average Bonchev–Trinajstić information content (AvgIpc) is 2.57. The standard InChI is InChI=1S/C18H35N3O/c1-22-15-14-20-10-2-17(3-11-20)16-21-12-6-18(7-13-21)4-8-19-9-5-18/h17,19H,2-16H2,1H3. The third kappa shape index (κ3) is 4.44. The van der Waals surface area contributed by atoms with Gasteiger partial charge in [0.2, 0.25) is 0 Å². The van der Waals surface area contributed by atoms with Crippen molar-refractivity contribution in [3.63, 3.8) is 0 Å². The molecule has 0 amide bonds. The second-order valence-corrected chi connectivity index (χ2v) is 7.83. The smallest absolute Gasteiger partial charge is 0.0589 e. The maximum atomic E-state index is 5.19. The molecule has 0 aliphatic carbocycles. The van der Waals surface area contributed by atoms with Crippen LogP contribution in [-0.4, -0.2) is 75.9 Å². The Balaban J connectivity index is 1.35. The summed E-state index contributed by atoms with van der Waals surface area (Å²) in [6, 6.07) is 0. The number of methoxy groups -OCH3 is 1. The number of ether oxygens (including phenoxy) is 1. The number of hydrogen-bond donors (Lipinski definition) is 1. The van der Waals surface area contributed by atoms with E-state index < -0.39 is 0 Å². The van der Waals surface area contributed by atoms with Gasteiger partial charge < -0.3 is 19.9 Å². The molecule has 3 aliphatic rings. The summed E-state index contributed by atoms with van der Waals surface area (Å²) >= 11 is 0. The van der Waals surface area contributed by atoms with Gasteiger partial charge in [-0.2, -0.15) is 0 Å². The second kappa shape index (κ2) is 8.09. The van der Waals surface area contributed by atoms with Crippen LogP contribution < -0.4 is 5.32 Å². The van der Waals surface area contributed by atoms with E-state index in [0.29, 0.717) is 5.41 Å². The number of rotatable bonds is 5. The van der Waals surface area contributed by atoms with Crippen LogP contribution in [0.4, 0.5) is 0 Å². The Morgan fingerprint density at radius 2 is 1.64 bits per heavy atom. The first-order chi connectivity index (χ1) is 10.8. The van der Waals surface area contributed by atoms with Gasteiger partial charge in [0, 0.05) is 20.2 Å². The molecule has 0 atom stereocenters. The van der Waals surface area contributed by atoms with Crippen LogP contribution in [0.3, 0.4) is 0 Å². The van der Waals surface area contributed by atoms with Gasteiger partial charge in [-0.3, -0.25) is 0 Å². The zero-order valence-electron chi connectivity index (χ0n) is 14.5. The van der Waals surface area contributed by atoms with Crippen LogP contribution in [0, 0.1) is 11.3 Å². The van der Waals surface area contributed by atoms with E-state index >= 15 is 0 Å². The van der Waals surface area contributed by atoms with Crippen molar-refractivity contribution in [2.75, 3.05) is 66.1 Å². The molecule has 1 N–H and O–H groups in total. The molecule has 1 spiro atoms. The molecule has 4 heteroatoms. The molecule has 3 rings (SSSR count). The molecular weight excluding hydrogens is 274 g/mol. The topological polar surface area (TPSA) is 27.7 Å². The molecule has 0 unspecified atom stereocenters. The van der Waals surface area contributed by atoms with E-state index in [1.807, 2.05) is 0 Å². The molecule has 0 saturated carbocycles. The number of nitrogens with zero attached hydrogens (tertiary/aromatic N) is 2. The fourth-order valence-corrected chi connectivity index (χ4v) is 4.65. The quantitative estimate of drug-likeness (QED) is 0.838. The van der Waals surface area contributed by atoms with Crippen molar-refractivity contribution >= 4 is 0 Å². The molecule has 128 valence electrons. The summed E-state index contributed by atoms with van der Waals surface area (Å²) < 4.78 is 5.19. The van der Waals surface area contributed by atoms with Crippen molar-refractivity contribution in [2.24, 2.45) is 11.3 Å². The first-order valence-corrected chi connectivity index (χ1v) is 9.44. The number of nitrogens with one attached hydrogen (secondary N) is 1. The minimum atomic E-state index is 0.700. The Labute approximate surface area is 136 Å². The molecule has 0 aromatic heterocycles. The highest BCUT2D eigenvalue weighted by molar-refractivity contribution is 4.90. The van der Waals surface area contributed by atoms with Crippen molar-refractivity contribution in [3.05, 3.63) is 0 Å². The lowest BCUT2D eigenvalue weighted by Crippen LogP contribution is -2.47. The van der Waals surface area contributed by atoms with Gasteiger partial charge >= 0.3 is 0 Å². The van der Waals surface area contributed by atoms with Crippen LogP contribution in [0.1, 0.15) is 38.5 Å². The molecule has 0 aromatic rings. The Morgan fingerprint density at radius 3 is 2.27 bits per heavy atom. The van der Waals surface area contributed by atoms with E-state index in [1.165, 1.54) is 84.3 Å². The third-order valence-electron chi connectivity index (χ3n) is 6.42.